The van der Waals surface area contributed by atoms with E-state index in [9.17, 15) is 19.5 Å². The highest BCUT2D eigenvalue weighted by atomic mass is 16.6. The number of rotatable bonds is 6. The minimum atomic E-state index is -1.35. The molecule has 1 aromatic rings. The number of hydrogen-bond acceptors (Lipinski definition) is 7. The normalized spacial score (nSPS) is 32.9. The molecule has 5 rings (SSSR count). The lowest BCUT2D eigenvalue weighted by Crippen LogP contribution is -2.56. The van der Waals surface area contributed by atoms with Crippen LogP contribution < -0.4 is 9.80 Å². The third-order valence-electron chi connectivity index (χ3n) is 8.15. The fourth-order valence-electron chi connectivity index (χ4n) is 6.50. The SMILES string of the molecule is CCN(CC)c1ccc(N2CC=C[C@]34O[C@@]5(C)C=CCCOC(=O)[C@H]5[C@H]3C(=O)N(CCO)C4C2=O)cc1. The molecule has 1 N–H and O–H groups in total. The number of carbonyl (C=O) groups is 3. The van der Waals surface area contributed by atoms with Gasteiger partial charge < -0.3 is 29.3 Å². The maximum Gasteiger partial charge on any atom is 0.313 e. The van der Waals surface area contributed by atoms with Crippen LogP contribution in [-0.4, -0.2) is 84.4 Å². The molecule has 0 aliphatic carbocycles. The van der Waals surface area contributed by atoms with Crippen molar-refractivity contribution in [3.63, 3.8) is 0 Å². The Morgan fingerprint density at radius 1 is 1.03 bits per heavy atom. The van der Waals surface area contributed by atoms with Crippen LogP contribution in [0, 0.1) is 11.8 Å². The topological polar surface area (TPSA) is 99.6 Å². The van der Waals surface area contributed by atoms with Crippen LogP contribution in [-0.2, 0) is 23.9 Å². The molecule has 4 aliphatic rings. The number of nitrogens with zero attached hydrogens (tertiary/aromatic N) is 3. The second kappa shape index (κ2) is 9.61. The minimum absolute atomic E-state index is 0.0340. The van der Waals surface area contributed by atoms with Gasteiger partial charge in [0.05, 0.1) is 24.7 Å². The van der Waals surface area contributed by atoms with Crippen LogP contribution in [0.15, 0.2) is 48.6 Å². The number of aliphatic hydroxyl groups excluding tert-OH is 1. The Morgan fingerprint density at radius 3 is 2.43 bits per heavy atom. The Bertz CT molecular complexity index is 1130. The minimum Gasteiger partial charge on any atom is -0.465 e. The van der Waals surface area contributed by atoms with E-state index < -0.39 is 35.0 Å². The number of β-amino-alcohol motifs (C(OH)–C–C–N with tert-alkyl or cyclic N) is 1. The van der Waals surface area contributed by atoms with E-state index in [2.05, 4.69) is 18.7 Å². The third kappa shape index (κ3) is 3.87. The molecule has 0 radical (unpaired) electrons. The van der Waals surface area contributed by atoms with E-state index in [1.807, 2.05) is 42.5 Å². The van der Waals surface area contributed by atoms with Gasteiger partial charge in [-0.3, -0.25) is 14.4 Å². The number of fused-ring (bicyclic) bond motifs is 2. The number of amides is 2. The summed E-state index contributed by atoms with van der Waals surface area (Å²) in [6.07, 6.45) is 7.91. The molecule has 5 atom stereocenters. The van der Waals surface area contributed by atoms with E-state index >= 15 is 0 Å². The van der Waals surface area contributed by atoms with Crippen LogP contribution in [0.1, 0.15) is 27.2 Å². The van der Waals surface area contributed by atoms with Crippen LogP contribution in [0.4, 0.5) is 11.4 Å². The number of aliphatic hydroxyl groups is 1. The molecule has 9 heteroatoms. The summed E-state index contributed by atoms with van der Waals surface area (Å²) >= 11 is 0. The summed E-state index contributed by atoms with van der Waals surface area (Å²) in [6.45, 7) is 7.89. The average Bonchev–Trinajstić information content (AvgIpc) is 3.19. The Labute approximate surface area is 217 Å². The average molecular weight is 510 g/mol. The summed E-state index contributed by atoms with van der Waals surface area (Å²) in [7, 11) is 0. The molecular formula is C28H35N3O6. The number of carbonyl (C=O) groups excluding carboxylic acids is 3. The van der Waals surface area contributed by atoms with E-state index in [-0.39, 0.29) is 31.6 Å². The Kier molecular flexibility index (Phi) is 6.62. The van der Waals surface area contributed by atoms with Gasteiger partial charge in [-0.05, 0) is 51.5 Å². The van der Waals surface area contributed by atoms with Gasteiger partial charge in [0.2, 0.25) is 5.91 Å². The quantitative estimate of drug-likeness (QED) is 0.462. The number of anilines is 2. The van der Waals surface area contributed by atoms with E-state index in [1.54, 1.807) is 17.9 Å². The van der Waals surface area contributed by atoms with Crippen molar-refractivity contribution in [1.29, 1.82) is 0 Å². The van der Waals surface area contributed by atoms with Crippen molar-refractivity contribution in [1.82, 2.24) is 4.90 Å². The lowest BCUT2D eigenvalue weighted by atomic mass is 9.74. The van der Waals surface area contributed by atoms with Crippen molar-refractivity contribution in [3.05, 3.63) is 48.6 Å². The van der Waals surface area contributed by atoms with Crippen LogP contribution in [0.5, 0.6) is 0 Å². The maximum atomic E-state index is 14.2. The molecule has 9 nitrogen and oxygen atoms in total. The standard InChI is InChI=1S/C28H35N3O6/c1-4-29(5-2)19-9-11-20(12-10-19)30-15-8-14-28-21(24(33)31(16-17-32)23(28)25(30)34)22-26(35)36-18-7-6-13-27(22,3)37-28/h6,8-14,21-23,32H,4-5,7,15-18H2,1-3H3/t21-,22+,23?,27-,28-/m0/s1. The number of esters is 1. The summed E-state index contributed by atoms with van der Waals surface area (Å²) in [4.78, 5) is 46.5. The summed E-state index contributed by atoms with van der Waals surface area (Å²) < 4.78 is 12.1. The predicted molar refractivity (Wildman–Crippen MR) is 138 cm³/mol. The molecule has 2 fully saturated rings. The summed E-state index contributed by atoms with van der Waals surface area (Å²) in [5.74, 6) is -3.02. The fraction of sp³-hybridized carbons (Fsp3) is 0.536. The van der Waals surface area contributed by atoms with Crippen LogP contribution in [0.25, 0.3) is 0 Å². The Balaban J connectivity index is 1.57. The first-order valence-electron chi connectivity index (χ1n) is 13.1. The smallest absolute Gasteiger partial charge is 0.313 e. The first kappa shape index (κ1) is 25.5. The zero-order chi connectivity index (χ0) is 26.4. The van der Waals surface area contributed by atoms with Gasteiger partial charge in [0.1, 0.15) is 17.6 Å². The molecule has 0 aromatic heterocycles. The highest BCUT2D eigenvalue weighted by Crippen LogP contribution is 2.57. The zero-order valence-corrected chi connectivity index (χ0v) is 21.6. The molecule has 0 saturated carbocycles. The summed E-state index contributed by atoms with van der Waals surface area (Å²) in [5, 5.41) is 9.80. The lowest BCUT2D eigenvalue weighted by Gasteiger charge is -2.37. The monoisotopic (exact) mass is 509 g/mol. The Morgan fingerprint density at radius 2 is 1.76 bits per heavy atom. The number of benzene rings is 1. The number of ether oxygens (including phenoxy) is 2. The zero-order valence-electron chi connectivity index (χ0n) is 21.6. The molecule has 1 unspecified atom stereocenters. The van der Waals surface area contributed by atoms with Crippen molar-refractivity contribution < 1.29 is 29.0 Å². The predicted octanol–water partition coefficient (Wildman–Crippen LogP) is 1.90. The van der Waals surface area contributed by atoms with Gasteiger partial charge in [0.15, 0.2) is 0 Å². The second-order valence-electron chi connectivity index (χ2n) is 10.2. The Hall–Kier alpha value is -3.17. The van der Waals surface area contributed by atoms with Gasteiger partial charge in [0, 0.05) is 37.6 Å². The van der Waals surface area contributed by atoms with Crippen LogP contribution in [0.2, 0.25) is 0 Å². The van der Waals surface area contributed by atoms with Crippen molar-refractivity contribution in [2.24, 2.45) is 11.8 Å². The van der Waals surface area contributed by atoms with E-state index in [0.29, 0.717) is 18.7 Å². The molecule has 37 heavy (non-hydrogen) atoms. The molecule has 0 bridgehead atoms. The maximum absolute atomic E-state index is 14.2. The highest BCUT2D eigenvalue weighted by Gasteiger charge is 2.74. The van der Waals surface area contributed by atoms with Gasteiger partial charge in [-0.15, -0.1) is 0 Å². The third-order valence-corrected chi connectivity index (χ3v) is 8.15. The fourth-order valence-corrected chi connectivity index (χ4v) is 6.50. The summed E-state index contributed by atoms with van der Waals surface area (Å²) in [6, 6.07) is 6.78. The van der Waals surface area contributed by atoms with Crippen molar-refractivity contribution in [2.45, 2.75) is 44.4 Å². The summed E-state index contributed by atoms with van der Waals surface area (Å²) in [5.41, 5.74) is -0.689. The molecule has 2 saturated heterocycles. The molecule has 198 valence electrons. The lowest BCUT2D eigenvalue weighted by molar-refractivity contribution is -0.159. The molecule has 2 amide bonds. The van der Waals surface area contributed by atoms with Crippen LogP contribution in [0.3, 0.4) is 0 Å². The first-order chi connectivity index (χ1) is 17.8. The molecule has 4 aliphatic heterocycles. The molecule has 4 heterocycles. The largest absolute Gasteiger partial charge is 0.465 e. The van der Waals surface area contributed by atoms with E-state index in [0.717, 1.165) is 18.8 Å². The van der Waals surface area contributed by atoms with E-state index in [1.165, 1.54) is 4.90 Å². The molecule has 1 aromatic carbocycles. The van der Waals surface area contributed by atoms with Gasteiger partial charge >= 0.3 is 5.97 Å². The van der Waals surface area contributed by atoms with Gasteiger partial charge in [-0.2, -0.15) is 0 Å². The highest BCUT2D eigenvalue weighted by molar-refractivity contribution is 6.05. The first-order valence-corrected chi connectivity index (χ1v) is 13.1. The van der Waals surface area contributed by atoms with Gasteiger partial charge in [-0.25, -0.2) is 0 Å². The molecule has 1 spiro atoms. The van der Waals surface area contributed by atoms with Crippen LogP contribution >= 0.6 is 0 Å². The van der Waals surface area contributed by atoms with Crippen molar-refractivity contribution in [3.8, 4) is 0 Å². The number of likely N-dealkylation sites (tertiary alicyclic amines) is 1. The molecular weight excluding hydrogens is 474 g/mol. The van der Waals surface area contributed by atoms with Gasteiger partial charge in [-0.1, -0.05) is 24.3 Å². The number of hydrogen-bond donors (Lipinski definition) is 1. The van der Waals surface area contributed by atoms with Crippen molar-refractivity contribution >= 4 is 29.2 Å². The van der Waals surface area contributed by atoms with Crippen molar-refractivity contribution in [2.75, 3.05) is 49.2 Å². The second-order valence-corrected chi connectivity index (χ2v) is 10.2. The number of cyclic esters (lactones) is 1. The van der Waals surface area contributed by atoms with E-state index in [4.69, 9.17) is 9.47 Å². The van der Waals surface area contributed by atoms with Gasteiger partial charge in [0.25, 0.3) is 5.91 Å².